The molecule has 1 atom stereocenters. The zero-order chi connectivity index (χ0) is 14.8. The molecule has 1 N–H and O–H groups in total. The van der Waals surface area contributed by atoms with Crippen LogP contribution in [0.2, 0.25) is 0 Å². The second kappa shape index (κ2) is 5.85. The van der Waals surface area contributed by atoms with Crippen LogP contribution in [0.25, 0.3) is 0 Å². The summed E-state index contributed by atoms with van der Waals surface area (Å²) in [4.78, 5) is 9.19. The molecule has 20 heavy (non-hydrogen) atoms. The first-order chi connectivity index (χ1) is 9.45. The van der Waals surface area contributed by atoms with E-state index in [1.807, 2.05) is 11.8 Å². The summed E-state index contributed by atoms with van der Waals surface area (Å²) in [5, 5.41) is 2.67. The first-order valence-corrected chi connectivity index (χ1v) is 6.86. The van der Waals surface area contributed by atoms with E-state index < -0.39 is 12.0 Å². The molecule has 2 heterocycles. The van der Waals surface area contributed by atoms with E-state index in [4.69, 9.17) is 0 Å². The smallest absolute Gasteiger partial charge is 0.373 e. The van der Waals surface area contributed by atoms with E-state index in [1.54, 1.807) is 13.1 Å². The first kappa shape index (κ1) is 14.9. The number of anilines is 2. The van der Waals surface area contributed by atoms with Crippen molar-refractivity contribution < 1.29 is 13.2 Å². The molecule has 1 aromatic rings. The maximum Gasteiger partial charge on any atom is 0.451 e. The van der Waals surface area contributed by atoms with Crippen molar-refractivity contribution in [1.29, 1.82) is 0 Å². The molecule has 0 aromatic carbocycles. The lowest BCUT2D eigenvalue weighted by molar-refractivity contribution is -0.144. The number of piperidine rings is 1. The molecule has 1 aliphatic heterocycles. The molecule has 2 rings (SSSR count). The molecule has 1 fully saturated rings. The van der Waals surface area contributed by atoms with Gasteiger partial charge in [-0.15, -0.1) is 0 Å². The fourth-order valence-corrected chi connectivity index (χ4v) is 2.56. The highest BCUT2D eigenvalue weighted by atomic mass is 19.4. The van der Waals surface area contributed by atoms with Gasteiger partial charge in [-0.3, -0.25) is 0 Å². The van der Waals surface area contributed by atoms with Crippen molar-refractivity contribution in [3.05, 3.63) is 11.9 Å². The third-order valence-electron chi connectivity index (χ3n) is 3.61. The molecule has 7 heteroatoms. The molecular formula is C13H19F3N4. The molecule has 1 saturated heterocycles. The Labute approximate surface area is 116 Å². The lowest BCUT2D eigenvalue weighted by Crippen LogP contribution is -2.40. The second-order valence-electron chi connectivity index (χ2n) is 4.93. The summed E-state index contributed by atoms with van der Waals surface area (Å²) in [5.74, 6) is -0.522. The van der Waals surface area contributed by atoms with Gasteiger partial charge in [-0.25, -0.2) is 9.97 Å². The van der Waals surface area contributed by atoms with Crippen LogP contribution in [0, 0.1) is 0 Å². The van der Waals surface area contributed by atoms with Crippen molar-refractivity contribution in [2.24, 2.45) is 0 Å². The summed E-state index contributed by atoms with van der Waals surface area (Å²) < 4.78 is 38.6. The van der Waals surface area contributed by atoms with Gasteiger partial charge in [0.2, 0.25) is 5.82 Å². The topological polar surface area (TPSA) is 41.0 Å². The predicted molar refractivity (Wildman–Crippen MR) is 71.9 cm³/mol. The molecular weight excluding hydrogens is 269 g/mol. The summed E-state index contributed by atoms with van der Waals surface area (Å²) in [5.41, 5.74) is 0. The van der Waals surface area contributed by atoms with E-state index in [1.165, 1.54) is 0 Å². The van der Waals surface area contributed by atoms with Crippen molar-refractivity contribution in [3.63, 3.8) is 0 Å². The summed E-state index contributed by atoms with van der Waals surface area (Å²) in [7, 11) is 1.56. The van der Waals surface area contributed by atoms with Crippen LogP contribution in [0.15, 0.2) is 6.07 Å². The van der Waals surface area contributed by atoms with Gasteiger partial charge in [0.15, 0.2) is 0 Å². The fraction of sp³-hybridized carbons (Fsp3) is 0.692. The number of aromatic nitrogens is 2. The number of alkyl halides is 3. The minimum Gasteiger partial charge on any atom is -0.373 e. The molecule has 0 amide bonds. The van der Waals surface area contributed by atoms with Crippen molar-refractivity contribution >= 4 is 11.6 Å². The van der Waals surface area contributed by atoms with Gasteiger partial charge in [-0.1, -0.05) is 6.92 Å². The summed E-state index contributed by atoms with van der Waals surface area (Å²) in [6.07, 6.45) is -0.530. The average Bonchev–Trinajstić information content (AvgIpc) is 2.45. The Balaban J connectivity index is 2.39. The Bertz CT molecular complexity index is 461. The van der Waals surface area contributed by atoms with Gasteiger partial charge in [-0.2, -0.15) is 13.2 Å². The molecule has 1 unspecified atom stereocenters. The Morgan fingerprint density at radius 2 is 2.10 bits per heavy atom. The van der Waals surface area contributed by atoms with Gasteiger partial charge in [0, 0.05) is 25.7 Å². The second-order valence-corrected chi connectivity index (χ2v) is 4.93. The van der Waals surface area contributed by atoms with Gasteiger partial charge in [0.25, 0.3) is 0 Å². The Morgan fingerprint density at radius 3 is 2.70 bits per heavy atom. The highest BCUT2D eigenvalue weighted by Gasteiger charge is 2.36. The summed E-state index contributed by atoms with van der Waals surface area (Å²) in [6.45, 7) is 2.80. The van der Waals surface area contributed by atoms with E-state index in [2.05, 4.69) is 15.3 Å². The van der Waals surface area contributed by atoms with Gasteiger partial charge in [-0.05, 0) is 25.7 Å². The number of nitrogens with zero attached hydrogens (tertiary/aromatic N) is 3. The van der Waals surface area contributed by atoms with Crippen molar-refractivity contribution in [2.75, 3.05) is 23.8 Å². The number of hydrogen-bond donors (Lipinski definition) is 1. The van der Waals surface area contributed by atoms with Crippen LogP contribution in [-0.4, -0.2) is 29.6 Å². The monoisotopic (exact) mass is 288 g/mol. The number of rotatable bonds is 3. The largest absolute Gasteiger partial charge is 0.451 e. The summed E-state index contributed by atoms with van der Waals surface area (Å²) in [6, 6.07) is 1.84. The minimum absolute atomic E-state index is 0.197. The predicted octanol–water partition coefficient (Wildman–Crippen LogP) is 3.31. The molecule has 0 bridgehead atoms. The standard InChI is InChI=1S/C13H19F3N4/c1-3-9-6-4-5-7-20(9)11-8-10(17-2)18-12(19-11)13(14,15)16/h8-9H,3-7H2,1-2H3,(H,17,18,19). The molecule has 0 radical (unpaired) electrons. The Hall–Kier alpha value is -1.53. The van der Waals surface area contributed by atoms with Crippen molar-refractivity contribution in [1.82, 2.24) is 9.97 Å². The highest BCUT2D eigenvalue weighted by Crippen LogP contribution is 2.31. The molecule has 1 aliphatic rings. The first-order valence-electron chi connectivity index (χ1n) is 6.86. The van der Waals surface area contributed by atoms with Crippen LogP contribution in [-0.2, 0) is 6.18 Å². The third kappa shape index (κ3) is 3.13. The zero-order valence-electron chi connectivity index (χ0n) is 11.7. The van der Waals surface area contributed by atoms with Crippen LogP contribution >= 0.6 is 0 Å². The van der Waals surface area contributed by atoms with Gasteiger partial charge in [0.05, 0.1) is 0 Å². The highest BCUT2D eigenvalue weighted by molar-refractivity contribution is 5.50. The fourth-order valence-electron chi connectivity index (χ4n) is 2.56. The van der Waals surface area contributed by atoms with Gasteiger partial charge < -0.3 is 10.2 Å². The maximum atomic E-state index is 12.9. The normalized spacial score (nSPS) is 20.1. The molecule has 1 aromatic heterocycles. The van der Waals surface area contributed by atoms with Crippen LogP contribution < -0.4 is 10.2 Å². The van der Waals surface area contributed by atoms with E-state index >= 15 is 0 Å². The van der Waals surface area contributed by atoms with Gasteiger partial charge in [0.1, 0.15) is 11.6 Å². The molecule has 0 spiro atoms. The molecule has 0 saturated carbocycles. The van der Waals surface area contributed by atoms with Crippen molar-refractivity contribution in [3.8, 4) is 0 Å². The Kier molecular flexibility index (Phi) is 4.35. The molecule has 112 valence electrons. The van der Waals surface area contributed by atoms with Crippen LogP contribution in [0.4, 0.5) is 24.8 Å². The number of halogens is 3. The Morgan fingerprint density at radius 1 is 1.35 bits per heavy atom. The lowest BCUT2D eigenvalue weighted by Gasteiger charge is -2.36. The minimum atomic E-state index is -4.53. The maximum absolute atomic E-state index is 12.9. The summed E-state index contributed by atoms with van der Waals surface area (Å²) >= 11 is 0. The SMILES string of the molecule is CCC1CCCCN1c1cc(NC)nc(C(F)(F)F)n1. The van der Waals surface area contributed by atoms with Crippen LogP contribution in [0.3, 0.4) is 0 Å². The average molecular weight is 288 g/mol. The van der Waals surface area contributed by atoms with Crippen molar-refractivity contribution in [2.45, 2.75) is 44.8 Å². The number of hydrogen-bond acceptors (Lipinski definition) is 4. The number of nitrogens with one attached hydrogen (secondary N) is 1. The van der Waals surface area contributed by atoms with E-state index in [-0.39, 0.29) is 11.9 Å². The van der Waals surface area contributed by atoms with E-state index in [0.717, 1.165) is 32.2 Å². The van der Waals surface area contributed by atoms with Crippen LogP contribution in [0.1, 0.15) is 38.4 Å². The van der Waals surface area contributed by atoms with Crippen LogP contribution in [0.5, 0.6) is 0 Å². The quantitative estimate of drug-likeness (QED) is 0.926. The van der Waals surface area contributed by atoms with E-state index in [0.29, 0.717) is 5.82 Å². The van der Waals surface area contributed by atoms with Gasteiger partial charge >= 0.3 is 6.18 Å². The lowest BCUT2D eigenvalue weighted by atomic mass is 10.00. The molecule has 0 aliphatic carbocycles. The van der Waals surface area contributed by atoms with E-state index in [9.17, 15) is 13.2 Å². The third-order valence-corrected chi connectivity index (χ3v) is 3.61. The molecule has 4 nitrogen and oxygen atoms in total. The zero-order valence-corrected chi connectivity index (χ0v) is 11.7.